The highest BCUT2D eigenvalue weighted by molar-refractivity contribution is 6.17. The summed E-state index contributed by atoms with van der Waals surface area (Å²) >= 11 is 0. The summed E-state index contributed by atoms with van der Waals surface area (Å²) in [5, 5.41) is 3.48. The number of fused-ring (bicyclic) bond motifs is 1. The van der Waals surface area contributed by atoms with Crippen molar-refractivity contribution >= 4 is 34.6 Å². The molecule has 0 aliphatic heterocycles. The Kier molecular flexibility index (Phi) is 8.06. The average Bonchev–Trinajstić information content (AvgIpc) is 3.31. The van der Waals surface area contributed by atoms with Crippen molar-refractivity contribution < 1.29 is 23.9 Å². The van der Waals surface area contributed by atoms with Gasteiger partial charge in [0.25, 0.3) is 0 Å². The second-order valence-corrected chi connectivity index (χ2v) is 9.83. The van der Waals surface area contributed by atoms with Crippen LogP contribution >= 0.6 is 0 Å². The maximum atomic E-state index is 13.7. The lowest BCUT2D eigenvalue weighted by atomic mass is 9.78. The third kappa shape index (κ3) is 5.74. The summed E-state index contributed by atoms with van der Waals surface area (Å²) < 4.78 is 6.37. The van der Waals surface area contributed by atoms with E-state index in [-0.39, 0.29) is 29.2 Å². The van der Waals surface area contributed by atoms with Gasteiger partial charge in [-0.2, -0.15) is 0 Å². The van der Waals surface area contributed by atoms with Crippen LogP contribution in [0.5, 0.6) is 0 Å². The second kappa shape index (κ2) is 11.4. The molecule has 8 heteroatoms. The molecule has 0 unspecified atom stereocenters. The molecule has 1 N–H and O–H groups in total. The van der Waals surface area contributed by atoms with Crippen LogP contribution in [0.15, 0.2) is 54.7 Å². The number of ether oxygens (including phenoxy) is 1. The summed E-state index contributed by atoms with van der Waals surface area (Å²) in [6.45, 7) is 0.593. The van der Waals surface area contributed by atoms with E-state index in [9.17, 15) is 19.2 Å². The molecule has 3 aromatic rings. The molecule has 8 nitrogen and oxygen atoms in total. The number of aromatic nitrogens is 1. The molecule has 1 saturated carbocycles. The van der Waals surface area contributed by atoms with Gasteiger partial charge in [0.15, 0.2) is 5.78 Å². The van der Waals surface area contributed by atoms with E-state index in [4.69, 9.17) is 4.74 Å². The van der Waals surface area contributed by atoms with Gasteiger partial charge < -0.3 is 15.0 Å². The van der Waals surface area contributed by atoms with Gasteiger partial charge >= 0.3 is 12.0 Å². The normalized spacial score (nSPS) is 17.3. The number of benzene rings is 2. The molecule has 0 bridgehead atoms. The van der Waals surface area contributed by atoms with Crippen LogP contribution in [0.1, 0.15) is 52.0 Å². The molecule has 194 valence electrons. The summed E-state index contributed by atoms with van der Waals surface area (Å²) in [5.74, 6) is -0.525. The standard InChI is InChI=1S/C29H33N3O5/c1-31(2)29(36)32-18-23(26-22(28(35)37-3)10-7-11-24(26)32)27(34)21-14-12-20(13-15-21)17-30-25(33)16-19-8-5-4-6-9-19/h4-11,18,20-21H,12-17H2,1-3H3,(H,30,33). The largest absolute Gasteiger partial charge is 0.465 e. The molecule has 2 aromatic carbocycles. The van der Waals surface area contributed by atoms with Crippen molar-refractivity contribution in [2.45, 2.75) is 32.1 Å². The van der Waals surface area contributed by atoms with Crippen molar-refractivity contribution in [1.82, 2.24) is 14.8 Å². The van der Waals surface area contributed by atoms with E-state index in [1.54, 1.807) is 38.5 Å². The minimum Gasteiger partial charge on any atom is -0.465 e. The number of esters is 1. The molecule has 2 amide bonds. The van der Waals surface area contributed by atoms with Crippen LogP contribution in [0.2, 0.25) is 0 Å². The van der Waals surface area contributed by atoms with Gasteiger partial charge in [-0.1, -0.05) is 36.4 Å². The lowest BCUT2D eigenvalue weighted by molar-refractivity contribution is -0.120. The summed E-state index contributed by atoms with van der Waals surface area (Å²) in [4.78, 5) is 52.8. The van der Waals surface area contributed by atoms with Gasteiger partial charge in [-0.05, 0) is 49.3 Å². The van der Waals surface area contributed by atoms with E-state index < -0.39 is 5.97 Å². The lowest BCUT2D eigenvalue weighted by Gasteiger charge is -2.27. The monoisotopic (exact) mass is 503 g/mol. The van der Waals surface area contributed by atoms with Gasteiger partial charge in [0.2, 0.25) is 5.91 Å². The van der Waals surface area contributed by atoms with Crippen LogP contribution in [0.3, 0.4) is 0 Å². The number of nitrogens with one attached hydrogen (secondary N) is 1. The van der Waals surface area contributed by atoms with Crippen molar-refractivity contribution in [3.63, 3.8) is 0 Å². The molecule has 0 saturated heterocycles. The number of rotatable bonds is 7. The van der Waals surface area contributed by atoms with Gasteiger partial charge in [0.05, 0.1) is 24.6 Å². The van der Waals surface area contributed by atoms with Gasteiger partial charge in [-0.3, -0.25) is 14.2 Å². The SMILES string of the molecule is COC(=O)c1cccc2c1c(C(=O)C1CCC(CNC(=O)Cc3ccccc3)CC1)cn2C(=O)N(C)C. The second-order valence-electron chi connectivity index (χ2n) is 9.83. The van der Waals surface area contributed by atoms with Crippen molar-refractivity contribution in [2.75, 3.05) is 27.7 Å². The molecule has 1 heterocycles. The van der Waals surface area contributed by atoms with E-state index in [1.807, 2.05) is 30.3 Å². The van der Waals surface area contributed by atoms with Crippen molar-refractivity contribution in [3.05, 3.63) is 71.4 Å². The highest BCUT2D eigenvalue weighted by atomic mass is 16.5. The number of ketones is 1. The van der Waals surface area contributed by atoms with Crippen LogP contribution in [0, 0.1) is 11.8 Å². The Hall–Kier alpha value is -3.94. The predicted octanol–water partition coefficient (Wildman–Crippen LogP) is 4.31. The molecule has 1 aromatic heterocycles. The van der Waals surface area contributed by atoms with Crippen molar-refractivity contribution in [3.8, 4) is 0 Å². The van der Waals surface area contributed by atoms with Crippen LogP contribution in [0.25, 0.3) is 10.9 Å². The summed E-state index contributed by atoms with van der Waals surface area (Å²) in [6.07, 6.45) is 4.92. The minimum atomic E-state index is -0.551. The van der Waals surface area contributed by atoms with Crippen molar-refractivity contribution in [2.24, 2.45) is 11.8 Å². The smallest absolute Gasteiger partial charge is 0.338 e. The highest BCUT2D eigenvalue weighted by Gasteiger charge is 2.31. The minimum absolute atomic E-state index is 0.00175. The van der Waals surface area contributed by atoms with Crippen LogP contribution < -0.4 is 5.32 Å². The van der Waals surface area contributed by atoms with Crippen LogP contribution in [-0.2, 0) is 16.0 Å². The van der Waals surface area contributed by atoms with E-state index in [0.29, 0.717) is 48.2 Å². The van der Waals surface area contributed by atoms with E-state index in [0.717, 1.165) is 18.4 Å². The van der Waals surface area contributed by atoms with E-state index in [1.165, 1.54) is 16.6 Å². The molecular weight excluding hydrogens is 470 g/mol. The zero-order chi connectivity index (χ0) is 26.5. The number of carbonyl (C=O) groups is 4. The Labute approximate surface area is 216 Å². The quantitative estimate of drug-likeness (QED) is 0.383. The molecule has 4 rings (SSSR count). The summed E-state index contributed by atoms with van der Waals surface area (Å²) in [7, 11) is 4.57. The first kappa shape index (κ1) is 26.1. The lowest BCUT2D eigenvalue weighted by Crippen LogP contribution is -2.33. The number of hydrogen-bond acceptors (Lipinski definition) is 5. The van der Waals surface area contributed by atoms with Crippen molar-refractivity contribution in [1.29, 1.82) is 0 Å². The Balaban J connectivity index is 1.46. The zero-order valence-electron chi connectivity index (χ0n) is 21.5. The fourth-order valence-corrected chi connectivity index (χ4v) is 5.08. The molecule has 1 fully saturated rings. The maximum Gasteiger partial charge on any atom is 0.338 e. The number of carbonyl (C=O) groups excluding carboxylic acids is 4. The van der Waals surface area contributed by atoms with E-state index >= 15 is 0 Å². The fraction of sp³-hybridized carbons (Fsp3) is 0.379. The average molecular weight is 504 g/mol. The topological polar surface area (TPSA) is 97.7 Å². The third-order valence-corrected chi connectivity index (χ3v) is 7.10. The first-order chi connectivity index (χ1) is 17.8. The molecular formula is C29H33N3O5. The molecule has 1 aliphatic carbocycles. The Morgan fingerprint density at radius 2 is 1.65 bits per heavy atom. The van der Waals surface area contributed by atoms with Gasteiger partial charge in [-0.25, -0.2) is 9.59 Å². The fourth-order valence-electron chi connectivity index (χ4n) is 5.08. The number of amides is 2. The molecule has 0 radical (unpaired) electrons. The van der Waals surface area contributed by atoms with Gasteiger partial charge in [0, 0.05) is 43.7 Å². The molecule has 37 heavy (non-hydrogen) atoms. The van der Waals surface area contributed by atoms with Gasteiger partial charge in [0.1, 0.15) is 0 Å². The molecule has 0 atom stereocenters. The van der Waals surface area contributed by atoms with E-state index in [2.05, 4.69) is 5.32 Å². The number of methoxy groups -OCH3 is 1. The Morgan fingerprint density at radius 1 is 0.946 bits per heavy atom. The predicted molar refractivity (Wildman–Crippen MR) is 141 cm³/mol. The first-order valence-electron chi connectivity index (χ1n) is 12.6. The first-order valence-corrected chi connectivity index (χ1v) is 12.6. The zero-order valence-corrected chi connectivity index (χ0v) is 21.5. The number of nitrogens with zero attached hydrogens (tertiary/aromatic N) is 2. The number of hydrogen-bond donors (Lipinski definition) is 1. The van der Waals surface area contributed by atoms with Gasteiger partial charge in [-0.15, -0.1) is 0 Å². The highest BCUT2D eigenvalue weighted by Crippen LogP contribution is 2.34. The third-order valence-electron chi connectivity index (χ3n) is 7.10. The maximum absolute atomic E-state index is 13.7. The summed E-state index contributed by atoms with van der Waals surface area (Å²) in [5.41, 5.74) is 2.11. The molecule has 0 spiro atoms. The molecule has 1 aliphatic rings. The van der Waals surface area contributed by atoms with Crippen LogP contribution in [-0.4, -0.2) is 60.9 Å². The Bertz CT molecular complexity index is 1300. The Morgan fingerprint density at radius 3 is 2.30 bits per heavy atom. The summed E-state index contributed by atoms with van der Waals surface area (Å²) in [6, 6.07) is 14.4. The number of Topliss-reactive ketones (excluding diaryl/α,β-unsaturated/α-hetero) is 1. The van der Waals surface area contributed by atoms with Crippen LogP contribution in [0.4, 0.5) is 4.79 Å².